The van der Waals surface area contributed by atoms with Gasteiger partial charge in [-0.15, -0.1) is 0 Å². The lowest BCUT2D eigenvalue weighted by atomic mass is 10.2. The molecule has 1 aliphatic rings. The van der Waals surface area contributed by atoms with Crippen LogP contribution in [0.2, 0.25) is 0 Å². The van der Waals surface area contributed by atoms with E-state index in [0.29, 0.717) is 18.6 Å². The second-order valence-electron chi connectivity index (χ2n) is 6.06. The van der Waals surface area contributed by atoms with Crippen molar-refractivity contribution in [1.29, 1.82) is 0 Å². The quantitative estimate of drug-likeness (QED) is 0.592. The van der Waals surface area contributed by atoms with Crippen LogP contribution in [0.1, 0.15) is 12.0 Å². The van der Waals surface area contributed by atoms with Gasteiger partial charge in [-0.1, -0.05) is 0 Å². The molecule has 140 valence electrons. The minimum Gasteiger partial charge on any atom is -0.375 e. The van der Waals surface area contributed by atoms with E-state index in [1.54, 1.807) is 19.3 Å². The van der Waals surface area contributed by atoms with E-state index in [0.717, 1.165) is 18.3 Å². The summed E-state index contributed by atoms with van der Waals surface area (Å²) < 4.78 is 45.5. The molecule has 1 saturated heterocycles. The molecule has 9 heteroatoms. The molecule has 1 N–H and O–H groups in total. The molecule has 1 aromatic heterocycles. The maximum Gasteiger partial charge on any atom is 0.224 e. The van der Waals surface area contributed by atoms with Crippen molar-refractivity contribution < 1.29 is 17.9 Å². The van der Waals surface area contributed by atoms with E-state index in [2.05, 4.69) is 32.8 Å². The molecule has 1 aromatic carbocycles. The average molecular weight is 384 g/mol. The van der Waals surface area contributed by atoms with E-state index in [4.69, 9.17) is 4.74 Å². The molecule has 0 spiro atoms. The van der Waals surface area contributed by atoms with E-state index < -0.39 is 17.5 Å². The van der Waals surface area contributed by atoms with Gasteiger partial charge < -0.3 is 15.0 Å². The van der Waals surface area contributed by atoms with Gasteiger partial charge in [-0.25, -0.2) is 18.2 Å². The van der Waals surface area contributed by atoms with Crippen molar-refractivity contribution >= 4 is 24.4 Å². The molecule has 2 aromatic rings. The van der Waals surface area contributed by atoms with Gasteiger partial charge in [0.2, 0.25) is 5.95 Å². The summed E-state index contributed by atoms with van der Waals surface area (Å²) in [6, 6.07) is 3.14. The summed E-state index contributed by atoms with van der Waals surface area (Å²) in [5, 5.41) is 3.04. The summed E-state index contributed by atoms with van der Waals surface area (Å²) in [7, 11) is 1.74. The summed E-state index contributed by atoms with van der Waals surface area (Å²) in [5.41, 5.74) is -0.0182. The van der Waals surface area contributed by atoms with Gasteiger partial charge in [-0.05, 0) is 18.6 Å². The number of nitrogens with one attached hydrogen (secondary N) is 1. The third-order valence-corrected chi connectivity index (χ3v) is 4.58. The summed E-state index contributed by atoms with van der Waals surface area (Å²) in [4.78, 5) is 10.6. The number of benzene rings is 1. The lowest BCUT2D eigenvalue weighted by Gasteiger charge is -2.25. The van der Waals surface area contributed by atoms with E-state index in [9.17, 15) is 13.2 Å². The van der Waals surface area contributed by atoms with Gasteiger partial charge in [0.25, 0.3) is 0 Å². The van der Waals surface area contributed by atoms with Crippen LogP contribution in [-0.2, 0) is 11.3 Å². The molecule has 1 aliphatic heterocycles. The summed E-state index contributed by atoms with van der Waals surface area (Å²) in [6.45, 7) is 0.835. The SMILES string of the molecule is CNc1nccc(N2C[C@H](S)C[C@H]2COCc2cc(F)c(F)cc2F)n1. The van der Waals surface area contributed by atoms with E-state index in [1.807, 2.05) is 0 Å². The molecule has 0 bridgehead atoms. The first-order valence-corrected chi connectivity index (χ1v) is 8.66. The molecule has 26 heavy (non-hydrogen) atoms. The van der Waals surface area contributed by atoms with Crippen LogP contribution >= 0.6 is 12.6 Å². The number of ether oxygens (including phenoxy) is 1. The highest BCUT2D eigenvalue weighted by Crippen LogP contribution is 2.27. The van der Waals surface area contributed by atoms with Crippen LogP contribution in [-0.4, -0.2) is 41.5 Å². The van der Waals surface area contributed by atoms with Crippen molar-refractivity contribution in [2.24, 2.45) is 0 Å². The van der Waals surface area contributed by atoms with Crippen molar-refractivity contribution in [3.05, 3.63) is 47.4 Å². The lowest BCUT2D eigenvalue weighted by Crippen LogP contribution is -2.34. The number of thiol groups is 1. The second-order valence-corrected chi connectivity index (χ2v) is 6.79. The molecule has 0 radical (unpaired) electrons. The summed E-state index contributed by atoms with van der Waals surface area (Å²) >= 11 is 4.54. The van der Waals surface area contributed by atoms with Crippen LogP contribution in [0.4, 0.5) is 24.9 Å². The zero-order valence-corrected chi connectivity index (χ0v) is 15.0. The van der Waals surface area contributed by atoms with Gasteiger partial charge in [-0.2, -0.15) is 17.6 Å². The van der Waals surface area contributed by atoms with Gasteiger partial charge in [-0.3, -0.25) is 0 Å². The van der Waals surface area contributed by atoms with Crippen molar-refractivity contribution in [2.75, 3.05) is 30.4 Å². The molecule has 3 rings (SSSR count). The molecule has 0 unspecified atom stereocenters. The average Bonchev–Trinajstić information content (AvgIpc) is 3.00. The van der Waals surface area contributed by atoms with Gasteiger partial charge in [0.15, 0.2) is 11.6 Å². The number of nitrogens with zero attached hydrogens (tertiary/aromatic N) is 3. The van der Waals surface area contributed by atoms with Crippen LogP contribution in [0.25, 0.3) is 0 Å². The Bertz CT molecular complexity index is 780. The third kappa shape index (κ3) is 4.21. The molecule has 0 aliphatic carbocycles. The van der Waals surface area contributed by atoms with Gasteiger partial charge in [0, 0.05) is 36.7 Å². The fraction of sp³-hybridized carbons (Fsp3) is 0.412. The van der Waals surface area contributed by atoms with Gasteiger partial charge in [0.05, 0.1) is 19.3 Å². The maximum absolute atomic E-state index is 13.7. The number of aromatic nitrogens is 2. The Morgan fingerprint density at radius 2 is 2.04 bits per heavy atom. The lowest BCUT2D eigenvalue weighted by molar-refractivity contribution is 0.106. The number of hydrogen-bond donors (Lipinski definition) is 2. The molecular formula is C17H19F3N4OS. The zero-order valence-electron chi connectivity index (χ0n) is 14.1. The van der Waals surface area contributed by atoms with Crippen molar-refractivity contribution in [2.45, 2.75) is 24.3 Å². The fourth-order valence-electron chi connectivity index (χ4n) is 2.94. The Labute approximate surface area is 155 Å². The highest BCUT2D eigenvalue weighted by molar-refractivity contribution is 7.81. The predicted octanol–water partition coefficient (Wildman–Crippen LogP) is 3.03. The number of halogens is 3. The molecule has 0 amide bonds. The predicted molar refractivity (Wildman–Crippen MR) is 96.1 cm³/mol. The number of hydrogen-bond acceptors (Lipinski definition) is 6. The Kier molecular flexibility index (Phi) is 5.87. The molecule has 0 saturated carbocycles. The van der Waals surface area contributed by atoms with Crippen molar-refractivity contribution in [3.8, 4) is 0 Å². The van der Waals surface area contributed by atoms with Crippen LogP contribution in [0.3, 0.4) is 0 Å². The summed E-state index contributed by atoms with van der Waals surface area (Å²) in [6.07, 6.45) is 2.43. The van der Waals surface area contributed by atoms with Crippen molar-refractivity contribution in [3.63, 3.8) is 0 Å². The van der Waals surface area contributed by atoms with Crippen molar-refractivity contribution in [1.82, 2.24) is 9.97 Å². The Balaban J connectivity index is 1.65. The Hall–Kier alpha value is -2.00. The van der Waals surface area contributed by atoms with Crippen LogP contribution < -0.4 is 10.2 Å². The second kappa shape index (κ2) is 8.13. The Morgan fingerprint density at radius 1 is 1.27 bits per heavy atom. The van der Waals surface area contributed by atoms with Crippen LogP contribution in [0, 0.1) is 17.5 Å². The van der Waals surface area contributed by atoms with Gasteiger partial charge in [0.1, 0.15) is 11.6 Å². The Morgan fingerprint density at radius 3 is 2.81 bits per heavy atom. The molecule has 2 heterocycles. The van der Waals surface area contributed by atoms with Gasteiger partial charge >= 0.3 is 0 Å². The maximum atomic E-state index is 13.7. The minimum absolute atomic E-state index is 0.00883. The first-order chi connectivity index (χ1) is 12.5. The largest absolute Gasteiger partial charge is 0.375 e. The highest BCUT2D eigenvalue weighted by Gasteiger charge is 2.31. The normalized spacial score (nSPS) is 19.8. The first kappa shape index (κ1) is 18.8. The molecule has 1 fully saturated rings. The monoisotopic (exact) mass is 384 g/mol. The van der Waals surface area contributed by atoms with Crippen LogP contribution in [0.5, 0.6) is 0 Å². The molecule has 2 atom stereocenters. The number of anilines is 2. The third-order valence-electron chi connectivity index (χ3n) is 4.21. The topological polar surface area (TPSA) is 50.3 Å². The minimum atomic E-state index is -1.21. The smallest absolute Gasteiger partial charge is 0.224 e. The zero-order chi connectivity index (χ0) is 18.7. The van der Waals surface area contributed by atoms with E-state index in [-0.39, 0.29) is 30.1 Å². The first-order valence-electron chi connectivity index (χ1n) is 8.14. The van der Waals surface area contributed by atoms with E-state index >= 15 is 0 Å². The molecular weight excluding hydrogens is 365 g/mol. The standard InChI is InChI=1S/C17H19F3N4OS/c1-21-17-22-3-2-16(23-17)24-7-12(26)5-11(24)9-25-8-10-4-14(19)15(20)6-13(10)18/h2-4,6,11-12,26H,5,7-9H2,1H3,(H,21,22,23)/t11-,12+/m0/s1. The number of rotatable bonds is 6. The fourth-order valence-corrected chi connectivity index (χ4v) is 3.36. The van der Waals surface area contributed by atoms with Crippen LogP contribution in [0.15, 0.2) is 24.4 Å². The summed E-state index contributed by atoms with van der Waals surface area (Å²) in [5.74, 6) is -1.88. The highest BCUT2D eigenvalue weighted by atomic mass is 32.1. The van der Waals surface area contributed by atoms with E-state index in [1.165, 1.54) is 0 Å². The molecule has 5 nitrogen and oxygen atoms in total.